The van der Waals surface area contributed by atoms with Gasteiger partial charge >= 0.3 is 0 Å². The lowest BCUT2D eigenvalue weighted by Gasteiger charge is -2.20. The van der Waals surface area contributed by atoms with Gasteiger partial charge in [-0.3, -0.25) is 4.57 Å². The molecule has 1 aromatic carbocycles. The number of benzene rings is 1. The van der Waals surface area contributed by atoms with Gasteiger partial charge in [-0.25, -0.2) is 4.98 Å². The Bertz CT molecular complexity index is 984. The summed E-state index contributed by atoms with van der Waals surface area (Å²) in [6.07, 6.45) is -1.03. The number of rotatable bonds is 3. The zero-order valence-corrected chi connectivity index (χ0v) is 14.7. The molecule has 0 amide bonds. The minimum Gasteiger partial charge on any atom is -0.394 e. The fourth-order valence-electron chi connectivity index (χ4n) is 3.57. The molecule has 3 N–H and O–H groups in total. The first kappa shape index (κ1) is 16.8. The highest BCUT2D eigenvalue weighted by Gasteiger charge is 2.53. The predicted molar refractivity (Wildman–Crippen MR) is 94.7 cm³/mol. The largest absolute Gasteiger partial charge is 0.394 e. The van der Waals surface area contributed by atoms with E-state index in [9.17, 15) is 5.11 Å². The second-order valence-corrected chi connectivity index (χ2v) is 6.73. The Labute approximate surface area is 158 Å². The molecule has 0 saturated carbocycles. The number of ether oxygens (including phenoxy) is 3. The highest BCUT2D eigenvalue weighted by Crippen LogP contribution is 2.44. The summed E-state index contributed by atoms with van der Waals surface area (Å²) in [5.74, 6) is 0.183. The van der Waals surface area contributed by atoms with E-state index in [1.807, 2.05) is 30.3 Å². The van der Waals surface area contributed by atoms with E-state index in [-0.39, 0.29) is 17.7 Å². The van der Waals surface area contributed by atoms with Crippen LogP contribution >= 0.6 is 11.6 Å². The third-order valence-corrected chi connectivity index (χ3v) is 4.96. The maximum atomic E-state index is 9.73. The molecule has 0 bridgehead atoms. The molecule has 5 rings (SSSR count). The lowest BCUT2D eigenvalue weighted by molar-refractivity contribution is -0.153. The maximum absolute atomic E-state index is 9.73. The molecule has 2 aliphatic heterocycles. The third kappa shape index (κ3) is 2.67. The summed E-state index contributed by atoms with van der Waals surface area (Å²) in [6.45, 7) is -0.201. The first-order valence-corrected chi connectivity index (χ1v) is 8.81. The normalized spacial score (nSPS) is 30.1. The van der Waals surface area contributed by atoms with Crippen molar-refractivity contribution in [1.29, 1.82) is 0 Å². The minimum absolute atomic E-state index is 0.0146. The molecule has 5 atom stereocenters. The Morgan fingerprint density at radius 2 is 1.89 bits per heavy atom. The van der Waals surface area contributed by atoms with Crippen LogP contribution in [0.15, 0.2) is 36.7 Å². The van der Waals surface area contributed by atoms with Crippen LogP contribution < -0.4 is 5.73 Å². The van der Waals surface area contributed by atoms with Crippen LogP contribution in [0.5, 0.6) is 0 Å². The average molecular weight is 390 g/mol. The lowest BCUT2D eigenvalue weighted by Crippen LogP contribution is -2.30. The fraction of sp³-hybridized carbons (Fsp3) is 0.353. The number of hydrogen-bond acceptors (Lipinski definition) is 8. The molecule has 2 saturated heterocycles. The Hall–Kier alpha value is -2.30. The number of nitrogen functional groups attached to an aromatic ring is 1. The molecule has 9 nitrogen and oxygen atoms in total. The second-order valence-electron chi connectivity index (χ2n) is 6.39. The highest BCUT2D eigenvalue weighted by atomic mass is 35.5. The molecule has 2 aromatic heterocycles. The van der Waals surface area contributed by atoms with E-state index < -0.39 is 30.8 Å². The van der Waals surface area contributed by atoms with Crippen LogP contribution in [-0.2, 0) is 14.2 Å². The van der Waals surface area contributed by atoms with Crippen molar-refractivity contribution < 1.29 is 19.3 Å². The molecule has 0 radical (unpaired) electrons. The van der Waals surface area contributed by atoms with Crippen LogP contribution in [0.3, 0.4) is 0 Å². The molecular formula is C17H16ClN5O4. The number of halogens is 1. The number of aromatic nitrogens is 4. The smallest absolute Gasteiger partial charge is 0.226 e. The molecule has 3 aromatic rings. The van der Waals surface area contributed by atoms with Crippen LogP contribution in [0.4, 0.5) is 5.82 Å². The summed E-state index contributed by atoms with van der Waals surface area (Å²) in [6, 6.07) is 9.61. The maximum Gasteiger partial charge on any atom is 0.226 e. The van der Waals surface area contributed by atoms with Crippen molar-refractivity contribution in [3.8, 4) is 0 Å². The van der Waals surface area contributed by atoms with Crippen molar-refractivity contribution in [2.75, 3.05) is 12.3 Å². The fourth-order valence-corrected chi connectivity index (χ4v) is 3.74. The van der Waals surface area contributed by atoms with Crippen molar-refractivity contribution in [3.05, 3.63) is 47.5 Å². The van der Waals surface area contributed by atoms with Crippen molar-refractivity contribution in [2.24, 2.45) is 0 Å². The summed E-state index contributed by atoms with van der Waals surface area (Å²) >= 11 is 5.95. The number of anilines is 1. The van der Waals surface area contributed by atoms with Crippen molar-refractivity contribution in [2.45, 2.75) is 30.8 Å². The molecule has 2 fully saturated rings. The number of aliphatic hydroxyl groups is 1. The van der Waals surface area contributed by atoms with Gasteiger partial charge in [0.15, 0.2) is 24.0 Å². The molecule has 2 unspecified atom stereocenters. The standard InChI is InChI=1S/C17H16ClN5O4/c18-17-21-13(19)10-14(22-17)23(7-20-10)15-12-11(9(6-24)25-15)26-16(27-12)8-4-2-1-3-5-8/h1-5,7,9,11-12,15-16,24H,6H2,(H2,19,21,22)/t9-,11+,12?,15-,16?/m1/s1. The van der Waals surface area contributed by atoms with E-state index in [0.29, 0.717) is 11.2 Å². The second kappa shape index (κ2) is 6.39. The van der Waals surface area contributed by atoms with Crippen LogP contribution in [-0.4, -0.2) is 49.5 Å². The van der Waals surface area contributed by atoms with Gasteiger partial charge in [-0.2, -0.15) is 9.97 Å². The van der Waals surface area contributed by atoms with E-state index in [1.165, 1.54) is 0 Å². The van der Waals surface area contributed by atoms with Gasteiger partial charge in [0.1, 0.15) is 23.8 Å². The van der Waals surface area contributed by atoms with Crippen molar-refractivity contribution in [1.82, 2.24) is 19.5 Å². The third-order valence-electron chi connectivity index (χ3n) is 4.79. The van der Waals surface area contributed by atoms with Crippen molar-refractivity contribution >= 4 is 28.6 Å². The average Bonchev–Trinajstić information content (AvgIpc) is 3.35. The SMILES string of the molecule is Nc1nc(Cl)nc2c1ncn2[C@@H]1O[C@H](CO)[C@@H]2OC(c3ccccc3)OC21. The van der Waals surface area contributed by atoms with Gasteiger partial charge in [-0.05, 0) is 11.6 Å². The van der Waals surface area contributed by atoms with E-state index in [2.05, 4.69) is 15.0 Å². The number of fused-ring (bicyclic) bond motifs is 2. The number of aliphatic hydroxyl groups excluding tert-OH is 1. The van der Waals surface area contributed by atoms with Gasteiger partial charge in [0.25, 0.3) is 0 Å². The van der Waals surface area contributed by atoms with Crippen LogP contribution in [0.1, 0.15) is 18.1 Å². The zero-order chi connectivity index (χ0) is 18.5. The van der Waals surface area contributed by atoms with E-state index in [1.54, 1.807) is 10.9 Å². The van der Waals surface area contributed by atoms with Gasteiger partial charge < -0.3 is 25.1 Å². The number of nitrogens with zero attached hydrogens (tertiary/aromatic N) is 4. The molecule has 10 heteroatoms. The summed E-state index contributed by atoms with van der Waals surface area (Å²) in [4.78, 5) is 12.4. The van der Waals surface area contributed by atoms with Gasteiger partial charge in [-0.15, -0.1) is 0 Å². The monoisotopic (exact) mass is 389 g/mol. The molecule has 27 heavy (non-hydrogen) atoms. The van der Waals surface area contributed by atoms with Gasteiger partial charge in [0.05, 0.1) is 12.9 Å². The molecule has 0 aliphatic carbocycles. The van der Waals surface area contributed by atoms with E-state index in [4.69, 9.17) is 31.5 Å². The Kier molecular flexibility index (Phi) is 3.99. The van der Waals surface area contributed by atoms with Gasteiger partial charge in [-0.1, -0.05) is 30.3 Å². The van der Waals surface area contributed by atoms with Crippen LogP contribution in [0.2, 0.25) is 5.28 Å². The Morgan fingerprint density at radius 3 is 2.67 bits per heavy atom. The molecule has 4 heterocycles. The zero-order valence-electron chi connectivity index (χ0n) is 14.0. The number of nitrogens with two attached hydrogens (primary N) is 1. The molecule has 2 aliphatic rings. The minimum atomic E-state index is -0.601. The molecule has 0 spiro atoms. The Morgan fingerprint density at radius 1 is 1.11 bits per heavy atom. The highest BCUT2D eigenvalue weighted by molar-refractivity contribution is 6.28. The predicted octanol–water partition coefficient (Wildman–Crippen LogP) is 1.43. The molecule has 140 valence electrons. The van der Waals surface area contributed by atoms with Crippen molar-refractivity contribution in [3.63, 3.8) is 0 Å². The summed E-state index contributed by atoms with van der Waals surface area (Å²) in [7, 11) is 0. The first-order chi connectivity index (χ1) is 13.2. The van der Waals surface area contributed by atoms with Gasteiger partial charge in [0, 0.05) is 5.56 Å². The lowest BCUT2D eigenvalue weighted by atomic mass is 10.1. The summed E-state index contributed by atoms with van der Waals surface area (Å²) in [5, 5.41) is 9.75. The summed E-state index contributed by atoms with van der Waals surface area (Å²) in [5.41, 5.74) is 7.63. The summed E-state index contributed by atoms with van der Waals surface area (Å²) < 4.78 is 19.8. The first-order valence-electron chi connectivity index (χ1n) is 8.43. The number of imidazole rings is 1. The van der Waals surface area contributed by atoms with Crippen LogP contribution in [0.25, 0.3) is 11.2 Å². The van der Waals surface area contributed by atoms with Gasteiger partial charge in [0.2, 0.25) is 5.28 Å². The quantitative estimate of drug-likeness (QED) is 0.646. The topological polar surface area (TPSA) is 118 Å². The number of hydrogen-bond donors (Lipinski definition) is 2. The molecular weight excluding hydrogens is 374 g/mol. The Balaban J connectivity index is 1.52. The van der Waals surface area contributed by atoms with E-state index >= 15 is 0 Å². The van der Waals surface area contributed by atoms with Crippen LogP contribution in [0, 0.1) is 0 Å². The van der Waals surface area contributed by atoms with E-state index in [0.717, 1.165) is 5.56 Å².